The van der Waals surface area contributed by atoms with E-state index in [1.54, 1.807) is 13.8 Å². The number of carbonyl (C=O) groups excluding carboxylic acids is 2. The van der Waals surface area contributed by atoms with Crippen molar-refractivity contribution < 1.29 is 24.9 Å². The van der Waals surface area contributed by atoms with E-state index >= 15 is 0 Å². The zero-order valence-electron chi connectivity index (χ0n) is 9.77. The average Bonchev–Trinajstić information content (AvgIpc) is 2.27. The van der Waals surface area contributed by atoms with Crippen LogP contribution in [0.5, 0.6) is 0 Å². The van der Waals surface area contributed by atoms with Gasteiger partial charge in [0.1, 0.15) is 6.10 Å². The summed E-state index contributed by atoms with van der Waals surface area (Å²) in [5.74, 6) is -1.45. The third-order valence-corrected chi connectivity index (χ3v) is 2.46. The van der Waals surface area contributed by atoms with Gasteiger partial charge in [-0.15, -0.1) is 0 Å². The van der Waals surface area contributed by atoms with Gasteiger partial charge in [0, 0.05) is 12.8 Å². The lowest BCUT2D eigenvalue weighted by molar-refractivity contribution is -0.166. The van der Waals surface area contributed by atoms with E-state index in [1.165, 1.54) is 0 Å². The molecule has 0 amide bonds. The summed E-state index contributed by atoms with van der Waals surface area (Å²) in [6.07, 6.45) is -0.797. The van der Waals surface area contributed by atoms with Gasteiger partial charge < -0.3 is 15.3 Å². The smallest absolute Gasteiger partial charge is 0.209 e. The molecule has 94 valence electrons. The number of rotatable bonds is 8. The lowest BCUT2D eigenvalue weighted by Gasteiger charge is -2.29. The van der Waals surface area contributed by atoms with Crippen molar-refractivity contribution in [2.75, 3.05) is 6.61 Å². The Morgan fingerprint density at radius 2 is 1.50 bits per heavy atom. The SMILES string of the molecule is CCCC(=O)C(O)(C(=O)CCC)C(O)CO. The zero-order chi connectivity index (χ0) is 12.8. The highest BCUT2D eigenvalue weighted by Gasteiger charge is 2.47. The summed E-state index contributed by atoms with van der Waals surface area (Å²) in [4.78, 5) is 23.3. The summed E-state index contributed by atoms with van der Waals surface area (Å²) in [5, 5.41) is 28.2. The molecule has 0 saturated carbocycles. The van der Waals surface area contributed by atoms with Gasteiger partial charge in [0.15, 0.2) is 11.6 Å². The fourth-order valence-corrected chi connectivity index (χ4v) is 1.49. The quantitative estimate of drug-likeness (QED) is 0.504. The lowest BCUT2D eigenvalue weighted by Crippen LogP contribution is -2.57. The number of ketones is 2. The number of aliphatic hydroxyl groups is 3. The van der Waals surface area contributed by atoms with E-state index < -0.39 is 29.9 Å². The van der Waals surface area contributed by atoms with Gasteiger partial charge in [0.05, 0.1) is 6.61 Å². The highest BCUT2D eigenvalue weighted by Crippen LogP contribution is 2.19. The maximum atomic E-state index is 11.6. The molecule has 5 heteroatoms. The largest absolute Gasteiger partial charge is 0.394 e. The molecule has 0 bridgehead atoms. The van der Waals surface area contributed by atoms with Crippen molar-refractivity contribution >= 4 is 11.6 Å². The number of hydrogen-bond acceptors (Lipinski definition) is 5. The zero-order valence-corrected chi connectivity index (χ0v) is 9.77. The summed E-state index contributed by atoms with van der Waals surface area (Å²) >= 11 is 0. The molecule has 0 aliphatic heterocycles. The van der Waals surface area contributed by atoms with E-state index in [0.29, 0.717) is 12.8 Å². The van der Waals surface area contributed by atoms with E-state index in [0.717, 1.165) is 0 Å². The van der Waals surface area contributed by atoms with Crippen molar-refractivity contribution in [2.45, 2.75) is 51.2 Å². The van der Waals surface area contributed by atoms with Crippen LogP contribution in [0, 0.1) is 0 Å². The van der Waals surface area contributed by atoms with Gasteiger partial charge in [0.25, 0.3) is 0 Å². The van der Waals surface area contributed by atoms with Crippen LogP contribution in [0.3, 0.4) is 0 Å². The second kappa shape index (κ2) is 6.73. The molecule has 0 rings (SSSR count). The van der Waals surface area contributed by atoms with Gasteiger partial charge in [0.2, 0.25) is 5.60 Å². The first-order valence-electron chi connectivity index (χ1n) is 5.52. The summed E-state index contributed by atoms with van der Waals surface area (Å²) in [6, 6.07) is 0. The van der Waals surface area contributed by atoms with Crippen molar-refractivity contribution in [3.63, 3.8) is 0 Å². The van der Waals surface area contributed by atoms with Crippen LogP contribution in [0.2, 0.25) is 0 Å². The fourth-order valence-electron chi connectivity index (χ4n) is 1.49. The Morgan fingerprint density at radius 1 is 1.12 bits per heavy atom. The molecule has 0 saturated heterocycles. The van der Waals surface area contributed by atoms with E-state index in [9.17, 15) is 19.8 Å². The van der Waals surface area contributed by atoms with Crippen molar-refractivity contribution in [2.24, 2.45) is 0 Å². The molecule has 0 radical (unpaired) electrons. The third-order valence-electron chi connectivity index (χ3n) is 2.46. The molecular formula is C11H20O5. The van der Waals surface area contributed by atoms with Gasteiger partial charge in [-0.25, -0.2) is 0 Å². The van der Waals surface area contributed by atoms with Crippen molar-refractivity contribution in [1.29, 1.82) is 0 Å². The van der Waals surface area contributed by atoms with Crippen LogP contribution in [0.25, 0.3) is 0 Å². The first kappa shape index (κ1) is 15.2. The van der Waals surface area contributed by atoms with E-state index in [4.69, 9.17) is 5.11 Å². The molecule has 16 heavy (non-hydrogen) atoms. The van der Waals surface area contributed by atoms with Gasteiger partial charge in [-0.2, -0.15) is 0 Å². The predicted molar refractivity (Wildman–Crippen MR) is 57.9 cm³/mol. The Balaban J connectivity index is 5.02. The normalized spacial score (nSPS) is 13.6. The van der Waals surface area contributed by atoms with Crippen LogP contribution < -0.4 is 0 Å². The Bertz CT molecular complexity index is 231. The Labute approximate surface area is 95.1 Å². The van der Waals surface area contributed by atoms with Crippen molar-refractivity contribution in [1.82, 2.24) is 0 Å². The van der Waals surface area contributed by atoms with Gasteiger partial charge in [-0.1, -0.05) is 13.8 Å². The fraction of sp³-hybridized carbons (Fsp3) is 0.818. The molecule has 5 nitrogen and oxygen atoms in total. The maximum Gasteiger partial charge on any atom is 0.209 e. The topological polar surface area (TPSA) is 94.8 Å². The van der Waals surface area contributed by atoms with Gasteiger partial charge in [-0.3, -0.25) is 9.59 Å². The molecule has 0 spiro atoms. The summed E-state index contributed by atoms with van der Waals surface area (Å²) in [5.41, 5.74) is -2.44. The molecule has 0 aromatic heterocycles. The van der Waals surface area contributed by atoms with Gasteiger partial charge >= 0.3 is 0 Å². The first-order valence-corrected chi connectivity index (χ1v) is 5.52. The van der Waals surface area contributed by atoms with Crippen LogP contribution >= 0.6 is 0 Å². The molecule has 0 aliphatic rings. The van der Waals surface area contributed by atoms with Crippen molar-refractivity contribution in [3.8, 4) is 0 Å². The average molecular weight is 232 g/mol. The summed E-state index contributed by atoms with van der Waals surface area (Å²) in [7, 11) is 0. The molecule has 1 atom stereocenters. The molecule has 1 unspecified atom stereocenters. The van der Waals surface area contributed by atoms with E-state index in [-0.39, 0.29) is 12.8 Å². The minimum Gasteiger partial charge on any atom is -0.394 e. The first-order chi connectivity index (χ1) is 7.44. The molecule has 0 aliphatic carbocycles. The number of hydrogen-bond donors (Lipinski definition) is 3. The standard InChI is InChI=1S/C11H20O5/c1-3-5-8(13)11(16,10(15)7-12)9(14)6-4-2/h10,12,15-16H,3-7H2,1-2H3. The van der Waals surface area contributed by atoms with Crippen LogP contribution in [-0.4, -0.2) is 45.2 Å². The Morgan fingerprint density at radius 3 is 1.75 bits per heavy atom. The van der Waals surface area contributed by atoms with E-state index in [2.05, 4.69) is 0 Å². The minimum atomic E-state index is -2.44. The molecule has 0 aromatic rings. The van der Waals surface area contributed by atoms with E-state index in [1.807, 2.05) is 0 Å². The number of aliphatic hydroxyl groups excluding tert-OH is 2. The minimum absolute atomic E-state index is 0.00299. The Hall–Kier alpha value is -0.780. The second-order valence-corrected chi connectivity index (χ2v) is 3.81. The molecule has 0 fully saturated rings. The molecular weight excluding hydrogens is 212 g/mol. The van der Waals surface area contributed by atoms with Crippen LogP contribution in [-0.2, 0) is 9.59 Å². The van der Waals surface area contributed by atoms with Crippen LogP contribution in [0.1, 0.15) is 39.5 Å². The molecule has 0 aromatic carbocycles. The highest BCUT2D eigenvalue weighted by molar-refractivity contribution is 6.10. The summed E-state index contributed by atoms with van der Waals surface area (Å²) in [6.45, 7) is 2.64. The third kappa shape index (κ3) is 3.10. The van der Waals surface area contributed by atoms with Crippen molar-refractivity contribution in [3.05, 3.63) is 0 Å². The number of carbonyl (C=O) groups is 2. The predicted octanol–water partition coefficient (Wildman–Crippen LogP) is -0.191. The lowest BCUT2D eigenvalue weighted by atomic mass is 9.83. The maximum absolute atomic E-state index is 11.6. The van der Waals surface area contributed by atoms with Crippen LogP contribution in [0.4, 0.5) is 0 Å². The number of Topliss-reactive ketones (excluding diaryl/α,β-unsaturated/α-hetero) is 2. The summed E-state index contributed by atoms with van der Waals surface area (Å²) < 4.78 is 0. The second-order valence-electron chi connectivity index (χ2n) is 3.81. The Kier molecular flexibility index (Phi) is 6.40. The van der Waals surface area contributed by atoms with Crippen LogP contribution in [0.15, 0.2) is 0 Å². The molecule has 0 heterocycles. The molecule has 3 N–H and O–H groups in total. The monoisotopic (exact) mass is 232 g/mol. The highest BCUT2D eigenvalue weighted by atomic mass is 16.4. The van der Waals surface area contributed by atoms with Gasteiger partial charge in [-0.05, 0) is 12.8 Å².